The van der Waals surface area contributed by atoms with Crippen LogP contribution in [0.3, 0.4) is 0 Å². The standard InChI is InChI=1S/C12H22N2O3/c1-4-7(2)9(10(15)16)14-11(17)12(3,13)8-5-6-8/h7-9H,4-6,13H2,1-3H3,(H,14,17)(H,15,16)/t7?,9-,12?/m0/s1. The Morgan fingerprint density at radius 1 is 1.53 bits per heavy atom. The van der Waals surface area contributed by atoms with E-state index in [1.165, 1.54) is 0 Å². The first-order chi connectivity index (χ1) is 7.80. The lowest BCUT2D eigenvalue weighted by Crippen LogP contribution is -2.58. The summed E-state index contributed by atoms with van der Waals surface area (Å²) in [6, 6.07) is -0.853. The van der Waals surface area contributed by atoms with Crippen LogP contribution in [0, 0.1) is 11.8 Å². The van der Waals surface area contributed by atoms with Gasteiger partial charge in [0.2, 0.25) is 5.91 Å². The van der Waals surface area contributed by atoms with Gasteiger partial charge in [0.15, 0.2) is 0 Å². The number of hydrogen-bond donors (Lipinski definition) is 3. The Hall–Kier alpha value is -1.10. The third-order valence-electron chi connectivity index (χ3n) is 3.68. The highest BCUT2D eigenvalue weighted by atomic mass is 16.4. The highest BCUT2D eigenvalue weighted by molar-refractivity contribution is 5.90. The first-order valence-electron chi connectivity index (χ1n) is 6.13. The van der Waals surface area contributed by atoms with Gasteiger partial charge < -0.3 is 16.2 Å². The molecule has 0 heterocycles. The Labute approximate surface area is 102 Å². The molecule has 0 aliphatic heterocycles. The van der Waals surface area contributed by atoms with Crippen LogP contribution in [-0.2, 0) is 9.59 Å². The Morgan fingerprint density at radius 2 is 2.06 bits per heavy atom. The quantitative estimate of drug-likeness (QED) is 0.640. The fourth-order valence-corrected chi connectivity index (χ4v) is 1.85. The zero-order valence-corrected chi connectivity index (χ0v) is 10.7. The molecule has 4 N–H and O–H groups in total. The maximum Gasteiger partial charge on any atom is 0.326 e. The van der Waals surface area contributed by atoms with Gasteiger partial charge in [-0.3, -0.25) is 4.79 Å². The summed E-state index contributed by atoms with van der Waals surface area (Å²) in [5, 5.41) is 11.7. The minimum absolute atomic E-state index is 0.105. The van der Waals surface area contributed by atoms with E-state index < -0.39 is 17.6 Å². The smallest absolute Gasteiger partial charge is 0.326 e. The topological polar surface area (TPSA) is 92.4 Å². The summed E-state index contributed by atoms with van der Waals surface area (Å²) in [5.74, 6) is -1.27. The average Bonchev–Trinajstić information content (AvgIpc) is 3.07. The van der Waals surface area contributed by atoms with Crippen LogP contribution in [0.15, 0.2) is 0 Å². The van der Waals surface area contributed by atoms with Crippen LogP contribution in [0.4, 0.5) is 0 Å². The first-order valence-corrected chi connectivity index (χ1v) is 6.13. The summed E-state index contributed by atoms with van der Waals surface area (Å²) < 4.78 is 0. The number of aliphatic carboxylic acids is 1. The van der Waals surface area contributed by atoms with Crippen molar-refractivity contribution >= 4 is 11.9 Å². The molecule has 0 aromatic heterocycles. The van der Waals surface area contributed by atoms with Gasteiger partial charge in [-0.2, -0.15) is 0 Å². The van der Waals surface area contributed by atoms with Gasteiger partial charge in [-0.15, -0.1) is 0 Å². The number of nitrogens with two attached hydrogens (primary N) is 1. The van der Waals surface area contributed by atoms with Crippen LogP contribution in [0.2, 0.25) is 0 Å². The third kappa shape index (κ3) is 3.19. The fourth-order valence-electron chi connectivity index (χ4n) is 1.85. The van der Waals surface area contributed by atoms with Crippen LogP contribution >= 0.6 is 0 Å². The second-order valence-corrected chi connectivity index (χ2v) is 5.23. The molecule has 0 saturated heterocycles. The minimum atomic E-state index is -1.00. The molecular formula is C12H22N2O3. The van der Waals surface area contributed by atoms with E-state index in [9.17, 15) is 9.59 Å². The van der Waals surface area contributed by atoms with Crippen molar-refractivity contribution < 1.29 is 14.7 Å². The number of carbonyl (C=O) groups excluding carboxylic acids is 1. The second kappa shape index (κ2) is 5.04. The highest BCUT2D eigenvalue weighted by Crippen LogP contribution is 2.38. The van der Waals surface area contributed by atoms with E-state index >= 15 is 0 Å². The molecule has 5 heteroatoms. The summed E-state index contributed by atoms with van der Waals surface area (Å²) in [4.78, 5) is 23.1. The second-order valence-electron chi connectivity index (χ2n) is 5.23. The monoisotopic (exact) mass is 242 g/mol. The van der Waals surface area contributed by atoms with Gasteiger partial charge >= 0.3 is 5.97 Å². The first kappa shape index (κ1) is 14.0. The molecule has 1 rings (SSSR count). The molecule has 1 fully saturated rings. The van der Waals surface area contributed by atoms with Crippen LogP contribution in [0.1, 0.15) is 40.0 Å². The van der Waals surface area contributed by atoms with Gasteiger partial charge in [-0.1, -0.05) is 20.3 Å². The van der Waals surface area contributed by atoms with Crippen LogP contribution < -0.4 is 11.1 Å². The molecule has 1 saturated carbocycles. The summed E-state index contributed by atoms with van der Waals surface area (Å²) in [7, 11) is 0. The summed E-state index contributed by atoms with van der Waals surface area (Å²) in [5.41, 5.74) is 5.01. The van der Waals surface area contributed by atoms with E-state index in [1.807, 2.05) is 13.8 Å². The molecule has 1 aliphatic rings. The Bertz CT molecular complexity index is 311. The maximum atomic E-state index is 12.0. The molecule has 17 heavy (non-hydrogen) atoms. The maximum absolute atomic E-state index is 12.0. The number of amides is 1. The molecule has 2 unspecified atom stereocenters. The molecule has 3 atom stereocenters. The third-order valence-corrected chi connectivity index (χ3v) is 3.68. The fraction of sp³-hybridized carbons (Fsp3) is 0.833. The predicted molar refractivity (Wildman–Crippen MR) is 64.3 cm³/mol. The van der Waals surface area contributed by atoms with Crippen molar-refractivity contribution in [3.8, 4) is 0 Å². The molecule has 0 radical (unpaired) electrons. The molecule has 1 amide bonds. The van der Waals surface area contributed by atoms with E-state index in [0.29, 0.717) is 6.42 Å². The lowest BCUT2D eigenvalue weighted by atomic mass is 9.93. The van der Waals surface area contributed by atoms with Gasteiger partial charge in [-0.05, 0) is 31.6 Å². The van der Waals surface area contributed by atoms with Crippen molar-refractivity contribution in [3.63, 3.8) is 0 Å². The summed E-state index contributed by atoms with van der Waals surface area (Å²) in [6.07, 6.45) is 2.59. The van der Waals surface area contributed by atoms with Crippen molar-refractivity contribution in [2.75, 3.05) is 0 Å². The lowest BCUT2D eigenvalue weighted by molar-refractivity contribution is -0.144. The van der Waals surface area contributed by atoms with Crippen molar-refractivity contribution in [1.82, 2.24) is 5.32 Å². The van der Waals surface area contributed by atoms with E-state index in [0.717, 1.165) is 12.8 Å². The number of nitrogens with one attached hydrogen (secondary N) is 1. The van der Waals surface area contributed by atoms with Crippen molar-refractivity contribution in [1.29, 1.82) is 0 Å². The molecule has 0 aromatic rings. The summed E-state index contributed by atoms with van der Waals surface area (Å²) >= 11 is 0. The van der Waals surface area contributed by atoms with Gasteiger partial charge in [-0.25, -0.2) is 4.79 Å². The normalized spacial score (nSPS) is 22.4. The Kier molecular flexibility index (Phi) is 4.14. The van der Waals surface area contributed by atoms with E-state index in [-0.39, 0.29) is 17.7 Å². The van der Waals surface area contributed by atoms with E-state index in [2.05, 4.69) is 5.32 Å². The molecule has 1 aliphatic carbocycles. The largest absolute Gasteiger partial charge is 0.480 e. The predicted octanol–water partition coefficient (Wildman–Crippen LogP) is 0.729. The number of carboxylic acid groups (broad SMARTS) is 1. The zero-order chi connectivity index (χ0) is 13.2. The van der Waals surface area contributed by atoms with Gasteiger partial charge in [0.1, 0.15) is 6.04 Å². The van der Waals surface area contributed by atoms with Crippen LogP contribution in [0.5, 0.6) is 0 Å². The molecule has 0 aromatic carbocycles. The van der Waals surface area contributed by atoms with Gasteiger partial charge in [0.25, 0.3) is 0 Å². The Balaban J connectivity index is 2.66. The number of carbonyl (C=O) groups is 2. The van der Waals surface area contributed by atoms with Gasteiger partial charge in [0.05, 0.1) is 5.54 Å². The zero-order valence-electron chi connectivity index (χ0n) is 10.7. The van der Waals surface area contributed by atoms with Crippen LogP contribution in [-0.4, -0.2) is 28.6 Å². The van der Waals surface area contributed by atoms with E-state index in [1.54, 1.807) is 6.92 Å². The van der Waals surface area contributed by atoms with Crippen molar-refractivity contribution in [2.24, 2.45) is 17.6 Å². The average molecular weight is 242 g/mol. The number of hydrogen-bond acceptors (Lipinski definition) is 3. The number of carboxylic acids is 1. The van der Waals surface area contributed by atoms with E-state index in [4.69, 9.17) is 10.8 Å². The lowest BCUT2D eigenvalue weighted by Gasteiger charge is -2.27. The molecule has 98 valence electrons. The van der Waals surface area contributed by atoms with Gasteiger partial charge in [0, 0.05) is 0 Å². The number of rotatable bonds is 6. The Morgan fingerprint density at radius 3 is 2.41 bits per heavy atom. The van der Waals surface area contributed by atoms with Crippen molar-refractivity contribution in [2.45, 2.75) is 51.6 Å². The molecular weight excluding hydrogens is 220 g/mol. The van der Waals surface area contributed by atoms with Crippen molar-refractivity contribution in [3.05, 3.63) is 0 Å². The molecule has 5 nitrogen and oxygen atoms in total. The minimum Gasteiger partial charge on any atom is -0.480 e. The molecule has 0 bridgehead atoms. The molecule has 0 spiro atoms. The van der Waals surface area contributed by atoms with Crippen LogP contribution in [0.25, 0.3) is 0 Å². The highest BCUT2D eigenvalue weighted by Gasteiger charge is 2.45. The SMILES string of the molecule is CCC(C)[C@H](NC(=O)C(C)(N)C1CC1)C(=O)O. The summed E-state index contributed by atoms with van der Waals surface area (Å²) in [6.45, 7) is 5.38.